The minimum atomic E-state index is -0.283. The van der Waals surface area contributed by atoms with E-state index in [1.807, 2.05) is 18.2 Å². The minimum absolute atomic E-state index is 0.218. The fourth-order valence-electron chi connectivity index (χ4n) is 1.89. The summed E-state index contributed by atoms with van der Waals surface area (Å²) in [6.45, 7) is 2.20. The van der Waals surface area contributed by atoms with Gasteiger partial charge in [-0.2, -0.15) is 0 Å². The van der Waals surface area contributed by atoms with Crippen molar-refractivity contribution >= 4 is 17.9 Å². The second-order valence-corrected chi connectivity index (χ2v) is 3.81. The van der Waals surface area contributed by atoms with Crippen molar-refractivity contribution < 1.29 is 14.3 Å². The summed E-state index contributed by atoms with van der Waals surface area (Å²) in [6.07, 6.45) is 2.26. The van der Waals surface area contributed by atoms with Crippen LogP contribution in [0.2, 0.25) is 0 Å². The summed E-state index contributed by atoms with van der Waals surface area (Å²) in [7, 11) is 1.61. The van der Waals surface area contributed by atoms with E-state index in [9.17, 15) is 4.79 Å². The van der Waals surface area contributed by atoms with Gasteiger partial charge < -0.3 is 9.47 Å². The van der Waals surface area contributed by atoms with Crippen molar-refractivity contribution in [1.82, 2.24) is 0 Å². The molecule has 1 atom stereocenters. The van der Waals surface area contributed by atoms with Crippen LogP contribution >= 0.6 is 0 Å². The maximum atomic E-state index is 11.6. The summed E-state index contributed by atoms with van der Waals surface area (Å²) in [5, 5.41) is 0. The lowest BCUT2D eigenvalue weighted by Crippen LogP contribution is -2.23. The van der Waals surface area contributed by atoms with Gasteiger partial charge in [-0.25, -0.2) is 0 Å². The number of methoxy groups -OCH3 is 1. The number of hydrogen-bond donors (Lipinski definition) is 0. The largest absolute Gasteiger partial charge is 0.494 e. The summed E-state index contributed by atoms with van der Waals surface area (Å²) in [4.78, 5) is 15.9. The Balaban J connectivity index is 2.23. The number of ether oxygens (including phenoxy) is 2. The Morgan fingerprint density at radius 2 is 2.35 bits per heavy atom. The smallest absolute Gasteiger partial charge is 0.314 e. The van der Waals surface area contributed by atoms with E-state index in [1.165, 1.54) is 0 Å². The van der Waals surface area contributed by atoms with E-state index >= 15 is 0 Å². The third-order valence-corrected chi connectivity index (χ3v) is 2.72. The zero-order valence-electron chi connectivity index (χ0n) is 9.97. The van der Waals surface area contributed by atoms with E-state index in [-0.39, 0.29) is 11.9 Å². The molecule has 0 aromatic heterocycles. The molecule has 4 heteroatoms. The van der Waals surface area contributed by atoms with Gasteiger partial charge in [0.15, 0.2) is 0 Å². The van der Waals surface area contributed by atoms with Gasteiger partial charge >= 0.3 is 5.97 Å². The van der Waals surface area contributed by atoms with Gasteiger partial charge in [-0.3, -0.25) is 9.79 Å². The van der Waals surface area contributed by atoms with Crippen LogP contribution in [-0.4, -0.2) is 25.9 Å². The molecule has 0 N–H and O–H groups in total. The molecule has 17 heavy (non-hydrogen) atoms. The standard InChI is InChI=1S/C13H15NO3/c1-3-17-13(15)10-7-9-5-4-6-11(16-2)12(9)14-8-10/h4-6,8,10H,3,7H2,1-2H3. The van der Waals surface area contributed by atoms with E-state index in [0.717, 1.165) is 17.0 Å². The number of hydrogen-bond acceptors (Lipinski definition) is 4. The third kappa shape index (κ3) is 2.30. The molecular weight excluding hydrogens is 218 g/mol. The summed E-state index contributed by atoms with van der Waals surface area (Å²) in [5.74, 6) is 0.236. The molecule has 1 aliphatic rings. The molecule has 0 aliphatic carbocycles. The molecule has 1 heterocycles. The highest BCUT2D eigenvalue weighted by Crippen LogP contribution is 2.35. The number of carbonyl (C=O) groups is 1. The van der Waals surface area contributed by atoms with Crippen molar-refractivity contribution in [2.75, 3.05) is 13.7 Å². The van der Waals surface area contributed by atoms with E-state index in [0.29, 0.717) is 13.0 Å². The van der Waals surface area contributed by atoms with E-state index in [4.69, 9.17) is 9.47 Å². The minimum Gasteiger partial charge on any atom is -0.494 e. The molecule has 0 fully saturated rings. The SMILES string of the molecule is CCOC(=O)C1C=Nc2c(cccc2OC)C1. The first-order valence-corrected chi connectivity index (χ1v) is 5.63. The van der Waals surface area contributed by atoms with E-state index in [1.54, 1.807) is 20.2 Å². The Labute approximate surface area is 100 Å². The van der Waals surface area contributed by atoms with Crippen LogP contribution in [0.4, 0.5) is 5.69 Å². The van der Waals surface area contributed by atoms with Crippen molar-refractivity contribution in [2.45, 2.75) is 13.3 Å². The Bertz CT molecular complexity index is 454. The molecule has 0 amide bonds. The molecule has 1 aromatic carbocycles. The van der Waals surface area contributed by atoms with Crippen LogP contribution in [0.15, 0.2) is 23.2 Å². The van der Waals surface area contributed by atoms with Crippen LogP contribution in [0.25, 0.3) is 0 Å². The van der Waals surface area contributed by atoms with E-state index in [2.05, 4.69) is 4.99 Å². The molecule has 4 nitrogen and oxygen atoms in total. The third-order valence-electron chi connectivity index (χ3n) is 2.72. The van der Waals surface area contributed by atoms with Crippen molar-refractivity contribution in [3.05, 3.63) is 23.8 Å². The van der Waals surface area contributed by atoms with Gasteiger partial charge in [-0.05, 0) is 25.0 Å². The number of para-hydroxylation sites is 1. The maximum absolute atomic E-state index is 11.6. The van der Waals surface area contributed by atoms with Crippen LogP contribution < -0.4 is 4.74 Å². The molecule has 0 bridgehead atoms. The second kappa shape index (κ2) is 4.99. The Hall–Kier alpha value is -1.84. The predicted molar refractivity (Wildman–Crippen MR) is 65.0 cm³/mol. The van der Waals surface area contributed by atoms with Crippen LogP contribution in [0.1, 0.15) is 12.5 Å². The van der Waals surface area contributed by atoms with Crippen LogP contribution in [0.3, 0.4) is 0 Å². The molecular formula is C13H15NO3. The Morgan fingerprint density at radius 1 is 1.53 bits per heavy atom. The van der Waals surface area contributed by atoms with Gasteiger partial charge in [0, 0.05) is 6.21 Å². The average Bonchev–Trinajstić information content (AvgIpc) is 2.37. The molecule has 0 saturated carbocycles. The number of benzene rings is 1. The second-order valence-electron chi connectivity index (χ2n) is 3.81. The summed E-state index contributed by atoms with van der Waals surface area (Å²) in [6, 6.07) is 5.72. The molecule has 2 rings (SSSR count). The van der Waals surface area contributed by atoms with E-state index < -0.39 is 0 Å². The lowest BCUT2D eigenvalue weighted by atomic mass is 9.96. The number of fused-ring (bicyclic) bond motifs is 1. The number of rotatable bonds is 3. The fourth-order valence-corrected chi connectivity index (χ4v) is 1.89. The quantitative estimate of drug-likeness (QED) is 0.751. The fraction of sp³-hybridized carbons (Fsp3) is 0.385. The lowest BCUT2D eigenvalue weighted by Gasteiger charge is -2.18. The molecule has 1 aromatic rings. The zero-order valence-corrected chi connectivity index (χ0v) is 9.97. The van der Waals surface area contributed by atoms with Gasteiger partial charge in [0.1, 0.15) is 11.4 Å². The first kappa shape index (κ1) is 11.6. The highest BCUT2D eigenvalue weighted by atomic mass is 16.5. The molecule has 90 valence electrons. The van der Waals surface area contributed by atoms with Crippen LogP contribution in [0, 0.1) is 5.92 Å². The zero-order chi connectivity index (χ0) is 12.3. The van der Waals surface area contributed by atoms with Crippen molar-refractivity contribution in [2.24, 2.45) is 10.9 Å². The first-order chi connectivity index (χ1) is 8.26. The van der Waals surface area contributed by atoms with Crippen molar-refractivity contribution in [3.63, 3.8) is 0 Å². The van der Waals surface area contributed by atoms with Gasteiger partial charge in [-0.15, -0.1) is 0 Å². The molecule has 1 aliphatic heterocycles. The number of nitrogens with zero attached hydrogens (tertiary/aromatic N) is 1. The lowest BCUT2D eigenvalue weighted by molar-refractivity contribution is -0.145. The molecule has 0 radical (unpaired) electrons. The monoisotopic (exact) mass is 233 g/mol. The number of esters is 1. The summed E-state index contributed by atoms with van der Waals surface area (Å²) >= 11 is 0. The van der Waals surface area contributed by atoms with Gasteiger partial charge in [-0.1, -0.05) is 12.1 Å². The average molecular weight is 233 g/mol. The highest BCUT2D eigenvalue weighted by Gasteiger charge is 2.24. The Kier molecular flexibility index (Phi) is 3.42. The number of carbonyl (C=O) groups excluding carboxylic acids is 1. The molecule has 0 spiro atoms. The topological polar surface area (TPSA) is 47.9 Å². The highest BCUT2D eigenvalue weighted by molar-refractivity contribution is 5.93. The maximum Gasteiger partial charge on any atom is 0.314 e. The van der Waals surface area contributed by atoms with Crippen molar-refractivity contribution in [1.29, 1.82) is 0 Å². The predicted octanol–water partition coefficient (Wildman–Crippen LogP) is 2.13. The van der Waals surface area contributed by atoms with Crippen LogP contribution in [0.5, 0.6) is 5.75 Å². The normalized spacial score (nSPS) is 17.4. The Morgan fingerprint density at radius 3 is 3.06 bits per heavy atom. The number of aliphatic imine (C=N–C) groups is 1. The van der Waals surface area contributed by atoms with Gasteiger partial charge in [0.2, 0.25) is 0 Å². The summed E-state index contributed by atoms with van der Waals surface area (Å²) < 4.78 is 10.2. The molecule has 1 unspecified atom stereocenters. The van der Waals surface area contributed by atoms with Gasteiger partial charge in [0.05, 0.1) is 19.6 Å². The van der Waals surface area contributed by atoms with Crippen molar-refractivity contribution in [3.8, 4) is 5.75 Å². The summed E-state index contributed by atoms with van der Waals surface area (Å²) in [5.41, 5.74) is 1.83. The van der Waals surface area contributed by atoms with Gasteiger partial charge in [0.25, 0.3) is 0 Å². The first-order valence-electron chi connectivity index (χ1n) is 5.63. The molecule has 0 saturated heterocycles. The van der Waals surface area contributed by atoms with Crippen LogP contribution in [-0.2, 0) is 16.0 Å².